The van der Waals surface area contributed by atoms with Crippen molar-refractivity contribution >= 4 is 34.2 Å². The summed E-state index contributed by atoms with van der Waals surface area (Å²) in [5.41, 5.74) is 2.75. The van der Waals surface area contributed by atoms with Crippen LogP contribution in [0.5, 0.6) is 0 Å². The number of aromatic nitrogens is 3. The molecule has 0 aliphatic carbocycles. The van der Waals surface area contributed by atoms with Crippen molar-refractivity contribution in [2.75, 3.05) is 36.4 Å². The Hall–Kier alpha value is -3.04. The van der Waals surface area contributed by atoms with Crippen LogP contribution >= 0.6 is 11.3 Å². The molecule has 9 heteroatoms. The summed E-state index contributed by atoms with van der Waals surface area (Å²) in [5.74, 6) is 0.365. The molecule has 3 N–H and O–H groups in total. The Kier molecular flexibility index (Phi) is 5.18. The zero-order chi connectivity index (χ0) is 19.5. The number of hydrogen-bond donors (Lipinski definition) is 3. The van der Waals surface area contributed by atoms with Gasteiger partial charge >= 0.3 is 5.97 Å². The largest absolute Gasteiger partial charge is 0.478 e. The SMILES string of the molecule is Cc1csc(Nc2nc(-c3ccc(C(=O)O)cc3)cc(N3CCNCC3)n2)n1. The number of carboxylic acid groups (broad SMARTS) is 1. The Morgan fingerprint density at radius 3 is 2.57 bits per heavy atom. The first-order valence-corrected chi connectivity index (χ1v) is 9.84. The third-order valence-electron chi connectivity index (χ3n) is 4.42. The van der Waals surface area contributed by atoms with Crippen LogP contribution in [0.25, 0.3) is 11.3 Å². The molecule has 0 bridgehead atoms. The predicted molar refractivity (Wildman–Crippen MR) is 110 cm³/mol. The molecular formula is C19H20N6O2S. The molecule has 0 amide bonds. The average molecular weight is 396 g/mol. The zero-order valence-corrected chi connectivity index (χ0v) is 16.2. The lowest BCUT2D eigenvalue weighted by molar-refractivity contribution is 0.0697. The third kappa shape index (κ3) is 4.10. The number of anilines is 3. The first-order valence-electron chi connectivity index (χ1n) is 8.96. The second kappa shape index (κ2) is 7.91. The zero-order valence-electron chi connectivity index (χ0n) is 15.3. The van der Waals surface area contributed by atoms with Crippen LogP contribution in [0.1, 0.15) is 16.1 Å². The fraction of sp³-hybridized carbons (Fsp3) is 0.263. The van der Waals surface area contributed by atoms with Gasteiger partial charge in [-0.15, -0.1) is 11.3 Å². The number of aryl methyl sites for hydroxylation is 1. The van der Waals surface area contributed by atoms with E-state index in [1.165, 1.54) is 11.3 Å². The third-order valence-corrected chi connectivity index (χ3v) is 5.29. The average Bonchev–Trinajstić information content (AvgIpc) is 3.13. The van der Waals surface area contributed by atoms with Crippen LogP contribution in [0.4, 0.5) is 16.9 Å². The minimum atomic E-state index is -0.947. The smallest absolute Gasteiger partial charge is 0.335 e. The lowest BCUT2D eigenvalue weighted by Gasteiger charge is -2.28. The van der Waals surface area contributed by atoms with E-state index in [1.54, 1.807) is 24.3 Å². The highest BCUT2D eigenvalue weighted by Gasteiger charge is 2.16. The number of nitrogens with zero attached hydrogens (tertiary/aromatic N) is 4. The van der Waals surface area contributed by atoms with Gasteiger partial charge in [0.1, 0.15) is 5.82 Å². The van der Waals surface area contributed by atoms with Gasteiger partial charge in [-0.1, -0.05) is 12.1 Å². The van der Waals surface area contributed by atoms with Gasteiger partial charge in [0.25, 0.3) is 0 Å². The van der Waals surface area contributed by atoms with E-state index >= 15 is 0 Å². The summed E-state index contributed by atoms with van der Waals surface area (Å²) in [6, 6.07) is 8.65. The number of piperazine rings is 1. The van der Waals surface area contributed by atoms with Gasteiger partial charge in [-0.3, -0.25) is 5.32 Å². The molecule has 0 saturated carbocycles. The molecule has 1 aliphatic rings. The van der Waals surface area contributed by atoms with E-state index in [0.29, 0.717) is 5.95 Å². The summed E-state index contributed by atoms with van der Waals surface area (Å²) in [4.78, 5) is 27.1. The van der Waals surface area contributed by atoms with Crippen molar-refractivity contribution in [3.05, 3.63) is 47.0 Å². The monoisotopic (exact) mass is 396 g/mol. The molecule has 4 rings (SSSR count). The van der Waals surface area contributed by atoms with Crippen LogP contribution in [0.3, 0.4) is 0 Å². The normalized spacial score (nSPS) is 14.1. The number of aromatic carboxylic acids is 1. The van der Waals surface area contributed by atoms with Crippen molar-refractivity contribution in [1.82, 2.24) is 20.3 Å². The number of carbonyl (C=O) groups is 1. The number of thiazole rings is 1. The van der Waals surface area contributed by atoms with Crippen molar-refractivity contribution in [1.29, 1.82) is 0 Å². The summed E-state index contributed by atoms with van der Waals surface area (Å²) in [6.07, 6.45) is 0. The van der Waals surface area contributed by atoms with Crippen molar-refractivity contribution in [3.8, 4) is 11.3 Å². The molecule has 1 fully saturated rings. The molecule has 28 heavy (non-hydrogen) atoms. The van der Waals surface area contributed by atoms with Gasteiger partial charge in [0.15, 0.2) is 5.13 Å². The van der Waals surface area contributed by atoms with E-state index < -0.39 is 5.97 Å². The molecule has 1 saturated heterocycles. The van der Waals surface area contributed by atoms with Crippen molar-refractivity contribution in [2.45, 2.75) is 6.92 Å². The minimum Gasteiger partial charge on any atom is -0.478 e. The topological polar surface area (TPSA) is 103 Å². The highest BCUT2D eigenvalue weighted by Crippen LogP contribution is 2.26. The first-order chi connectivity index (χ1) is 13.6. The van der Waals surface area contributed by atoms with Crippen LogP contribution in [0.15, 0.2) is 35.7 Å². The van der Waals surface area contributed by atoms with Gasteiger partial charge in [-0.2, -0.15) is 4.98 Å². The Bertz CT molecular complexity index is 982. The predicted octanol–water partition coefficient (Wildman–Crippen LogP) is 2.76. The molecule has 3 heterocycles. The second-order valence-corrected chi connectivity index (χ2v) is 7.33. The van der Waals surface area contributed by atoms with Gasteiger partial charge in [0.2, 0.25) is 5.95 Å². The van der Waals surface area contributed by atoms with Gasteiger partial charge in [0, 0.05) is 43.2 Å². The molecule has 2 aromatic heterocycles. The first kappa shape index (κ1) is 18.3. The van der Waals surface area contributed by atoms with E-state index in [0.717, 1.165) is 54.1 Å². The number of benzene rings is 1. The van der Waals surface area contributed by atoms with E-state index in [2.05, 4.69) is 30.5 Å². The Labute approximate surface area is 166 Å². The van der Waals surface area contributed by atoms with Crippen LogP contribution in [-0.2, 0) is 0 Å². The molecule has 0 atom stereocenters. The van der Waals surface area contributed by atoms with Crippen LogP contribution in [-0.4, -0.2) is 52.2 Å². The Morgan fingerprint density at radius 2 is 1.93 bits per heavy atom. The molecule has 0 spiro atoms. The Morgan fingerprint density at radius 1 is 1.18 bits per heavy atom. The van der Waals surface area contributed by atoms with E-state index in [1.807, 2.05) is 18.4 Å². The second-order valence-electron chi connectivity index (χ2n) is 6.47. The summed E-state index contributed by atoms with van der Waals surface area (Å²) in [7, 11) is 0. The van der Waals surface area contributed by atoms with Gasteiger partial charge in [0.05, 0.1) is 17.0 Å². The lowest BCUT2D eigenvalue weighted by Crippen LogP contribution is -2.44. The summed E-state index contributed by atoms with van der Waals surface area (Å²) < 4.78 is 0. The van der Waals surface area contributed by atoms with E-state index in [9.17, 15) is 4.79 Å². The fourth-order valence-electron chi connectivity index (χ4n) is 2.98. The lowest BCUT2D eigenvalue weighted by atomic mass is 10.1. The number of rotatable bonds is 5. The highest BCUT2D eigenvalue weighted by molar-refractivity contribution is 7.13. The van der Waals surface area contributed by atoms with E-state index in [-0.39, 0.29) is 5.56 Å². The standard InChI is InChI=1S/C19H20N6O2S/c1-12-11-28-19(21-12)24-18-22-15(13-2-4-14(5-3-13)17(26)27)10-16(23-18)25-8-6-20-7-9-25/h2-5,10-11,20H,6-9H2,1H3,(H,26,27)(H,21,22,23,24). The van der Waals surface area contributed by atoms with Gasteiger partial charge < -0.3 is 15.3 Å². The minimum absolute atomic E-state index is 0.247. The molecule has 0 radical (unpaired) electrons. The molecular weight excluding hydrogens is 376 g/mol. The van der Waals surface area contributed by atoms with Crippen LogP contribution in [0, 0.1) is 6.92 Å². The van der Waals surface area contributed by atoms with Crippen molar-refractivity contribution in [3.63, 3.8) is 0 Å². The molecule has 0 unspecified atom stereocenters. The van der Waals surface area contributed by atoms with E-state index in [4.69, 9.17) is 5.11 Å². The summed E-state index contributed by atoms with van der Waals surface area (Å²) in [6.45, 7) is 5.48. The molecule has 1 aromatic carbocycles. The van der Waals surface area contributed by atoms with Gasteiger partial charge in [-0.25, -0.2) is 14.8 Å². The van der Waals surface area contributed by atoms with Crippen LogP contribution < -0.4 is 15.5 Å². The summed E-state index contributed by atoms with van der Waals surface area (Å²) in [5, 5.41) is 18.4. The molecule has 1 aliphatic heterocycles. The number of hydrogen-bond acceptors (Lipinski definition) is 8. The van der Waals surface area contributed by atoms with Crippen molar-refractivity contribution < 1.29 is 9.90 Å². The maximum Gasteiger partial charge on any atom is 0.335 e. The molecule has 144 valence electrons. The summed E-state index contributed by atoms with van der Waals surface area (Å²) >= 11 is 1.50. The van der Waals surface area contributed by atoms with Crippen molar-refractivity contribution in [2.24, 2.45) is 0 Å². The number of nitrogens with one attached hydrogen (secondary N) is 2. The molecule has 3 aromatic rings. The fourth-order valence-corrected chi connectivity index (χ4v) is 3.67. The number of carboxylic acids is 1. The maximum atomic E-state index is 11.1. The molecule has 8 nitrogen and oxygen atoms in total. The highest BCUT2D eigenvalue weighted by atomic mass is 32.1. The maximum absolute atomic E-state index is 11.1. The Balaban J connectivity index is 1.71. The van der Waals surface area contributed by atoms with Gasteiger partial charge in [-0.05, 0) is 19.1 Å². The van der Waals surface area contributed by atoms with Crippen LogP contribution in [0.2, 0.25) is 0 Å². The quantitative estimate of drug-likeness (QED) is 0.605.